The second-order valence-electron chi connectivity index (χ2n) is 4.21. The van der Waals surface area contributed by atoms with Gasteiger partial charge in [0.2, 0.25) is 0 Å². The Morgan fingerprint density at radius 1 is 1.32 bits per heavy atom. The van der Waals surface area contributed by atoms with Gasteiger partial charge in [-0.1, -0.05) is 17.7 Å². The third-order valence-corrected chi connectivity index (χ3v) is 2.91. The second-order valence-corrected chi connectivity index (χ2v) is 4.65. The number of benzene rings is 2. The highest BCUT2D eigenvalue weighted by Gasteiger charge is 2.09. The van der Waals surface area contributed by atoms with Crippen LogP contribution in [0.25, 0.3) is 0 Å². The standard InChI is InChI=1S/C14H10ClN3O4/c15-11-3-1-2-9(6-11)14(20)17-16-8-10-7-12(18(21)22)4-5-13(10)19/h1-8,19H,(H,17,20)/b16-8-. The van der Waals surface area contributed by atoms with Crippen LogP contribution in [-0.2, 0) is 0 Å². The fourth-order valence-corrected chi connectivity index (χ4v) is 1.80. The molecular weight excluding hydrogens is 310 g/mol. The van der Waals surface area contributed by atoms with Crippen LogP contribution in [0.5, 0.6) is 5.75 Å². The normalized spacial score (nSPS) is 10.6. The van der Waals surface area contributed by atoms with Crippen molar-refractivity contribution in [3.8, 4) is 5.75 Å². The van der Waals surface area contributed by atoms with Crippen LogP contribution in [0.4, 0.5) is 5.69 Å². The molecule has 0 spiro atoms. The minimum absolute atomic E-state index is 0.112. The average Bonchev–Trinajstić information content (AvgIpc) is 2.48. The van der Waals surface area contributed by atoms with E-state index in [-0.39, 0.29) is 17.0 Å². The molecule has 0 aliphatic rings. The van der Waals surface area contributed by atoms with Crippen molar-refractivity contribution in [3.05, 3.63) is 68.7 Å². The summed E-state index contributed by atoms with van der Waals surface area (Å²) in [5.41, 5.74) is 2.47. The van der Waals surface area contributed by atoms with Gasteiger partial charge in [0.1, 0.15) is 5.75 Å². The second kappa shape index (κ2) is 6.68. The number of hydrazone groups is 1. The molecule has 7 nitrogen and oxygen atoms in total. The number of amides is 1. The van der Waals surface area contributed by atoms with Gasteiger partial charge in [-0.2, -0.15) is 5.10 Å². The lowest BCUT2D eigenvalue weighted by Crippen LogP contribution is -2.17. The van der Waals surface area contributed by atoms with E-state index in [1.165, 1.54) is 12.1 Å². The molecule has 0 saturated heterocycles. The van der Waals surface area contributed by atoms with Crippen molar-refractivity contribution in [1.29, 1.82) is 0 Å². The summed E-state index contributed by atoms with van der Waals surface area (Å²) in [6.07, 6.45) is 1.12. The lowest BCUT2D eigenvalue weighted by molar-refractivity contribution is -0.384. The fraction of sp³-hybridized carbons (Fsp3) is 0. The van der Waals surface area contributed by atoms with Crippen molar-refractivity contribution in [3.63, 3.8) is 0 Å². The van der Waals surface area contributed by atoms with Crippen molar-refractivity contribution in [2.24, 2.45) is 5.10 Å². The Labute approximate surface area is 130 Å². The minimum Gasteiger partial charge on any atom is -0.507 e. The Hall–Kier alpha value is -2.93. The lowest BCUT2D eigenvalue weighted by atomic mass is 10.2. The van der Waals surface area contributed by atoms with Crippen molar-refractivity contribution in [2.45, 2.75) is 0 Å². The van der Waals surface area contributed by atoms with E-state index in [0.717, 1.165) is 18.3 Å². The number of hydrogen-bond donors (Lipinski definition) is 2. The Morgan fingerprint density at radius 2 is 2.09 bits per heavy atom. The van der Waals surface area contributed by atoms with E-state index in [4.69, 9.17) is 11.6 Å². The van der Waals surface area contributed by atoms with Gasteiger partial charge >= 0.3 is 0 Å². The smallest absolute Gasteiger partial charge is 0.271 e. The number of nitrogens with zero attached hydrogens (tertiary/aromatic N) is 2. The number of halogens is 1. The molecule has 0 aliphatic heterocycles. The zero-order chi connectivity index (χ0) is 16.1. The van der Waals surface area contributed by atoms with Gasteiger partial charge < -0.3 is 5.11 Å². The molecule has 0 radical (unpaired) electrons. The number of nitrogens with one attached hydrogen (secondary N) is 1. The monoisotopic (exact) mass is 319 g/mol. The number of nitro groups is 1. The molecule has 2 N–H and O–H groups in total. The summed E-state index contributed by atoms with van der Waals surface area (Å²) in [5.74, 6) is -0.685. The number of carbonyl (C=O) groups is 1. The fourth-order valence-electron chi connectivity index (χ4n) is 1.61. The van der Waals surface area contributed by atoms with E-state index in [1.807, 2.05) is 0 Å². The van der Waals surface area contributed by atoms with Gasteiger partial charge in [0.05, 0.1) is 11.1 Å². The van der Waals surface area contributed by atoms with E-state index in [2.05, 4.69) is 10.5 Å². The van der Waals surface area contributed by atoms with Gasteiger partial charge in [-0.05, 0) is 24.3 Å². The molecule has 8 heteroatoms. The molecule has 2 aromatic carbocycles. The minimum atomic E-state index is -0.596. The first-order valence-corrected chi connectivity index (χ1v) is 6.41. The summed E-state index contributed by atoms with van der Waals surface area (Å²) in [4.78, 5) is 21.9. The molecule has 2 aromatic rings. The number of aromatic hydroxyl groups is 1. The van der Waals surface area contributed by atoms with Gasteiger partial charge in [0, 0.05) is 28.3 Å². The van der Waals surface area contributed by atoms with Crippen LogP contribution in [0.1, 0.15) is 15.9 Å². The average molecular weight is 320 g/mol. The van der Waals surface area contributed by atoms with Gasteiger partial charge in [0.15, 0.2) is 0 Å². The molecule has 0 unspecified atom stereocenters. The molecule has 0 bridgehead atoms. The Bertz CT molecular complexity index is 762. The van der Waals surface area contributed by atoms with E-state index in [0.29, 0.717) is 10.6 Å². The predicted molar refractivity (Wildman–Crippen MR) is 81.3 cm³/mol. The van der Waals surface area contributed by atoms with Gasteiger partial charge in [-0.25, -0.2) is 5.43 Å². The van der Waals surface area contributed by atoms with E-state index < -0.39 is 10.8 Å². The van der Waals surface area contributed by atoms with Crippen molar-refractivity contribution in [1.82, 2.24) is 5.43 Å². The topological polar surface area (TPSA) is 105 Å². The number of hydrogen-bond acceptors (Lipinski definition) is 5. The molecule has 2 rings (SSSR count). The molecule has 0 heterocycles. The molecular formula is C14H10ClN3O4. The van der Waals surface area contributed by atoms with E-state index >= 15 is 0 Å². The molecule has 0 saturated carbocycles. The SMILES string of the molecule is O=C(N/N=C\c1cc([N+](=O)[O-])ccc1O)c1cccc(Cl)c1. The van der Waals surface area contributed by atoms with Crippen LogP contribution < -0.4 is 5.43 Å². The van der Waals surface area contributed by atoms with Gasteiger partial charge in [-0.15, -0.1) is 0 Å². The molecule has 112 valence electrons. The zero-order valence-electron chi connectivity index (χ0n) is 11.1. The maximum Gasteiger partial charge on any atom is 0.271 e. The highest BCUT2D eigenvalue weighted by Crippen LogP contribution is 2.21. The first kappa shape index (κ1) is 15.5. The molecule has 0 atom stereocenters. The summed E-state index contributed by atoms with van der Waals surface area (Å²) in [6.45, 7) is 0. The van der Waals surface area contributed by atoms with Crippen LogP contribution in [-0.4, -0.2) is 22.2 Å². The molecule has 0 aliphatic carbocycles. The van der Waals surface area contributed by atoms with Crippen molar-refractivity contribution >= 4 is 29.4 Å². The molecule has 1 amide bonds. The molecule has 22 heavy (non-hydrogen) atoms. The quantitative estimate of drug-likeness (QED) is 0.513. The van der Waals surface area contributed by atoms with Crippen LogP contribution in [0.15, 0.2) is 47.6 Å². The number of rotatable bonds is 4. The number of phenols is 1. The maximum absolute atomic E-state index is 11.8. The lowest BCUT2D eigenvalue weighted by Gasteiger charge is -2.01. The first-order chi connectivity index (χ1) is 10.5. The summed E-state index contributed by atoms with van der Waals surface area (Å²) in [5, 5.41) is 24.3. The van der Waals surface area contributed by atoms with Gasteiger partial charge in [0.25, 0.3) is 11.6 Å². The van der Waals surface area contributed by atoms with Gasteiger partial charge in [-0.3, -0.25) is 14.9 Å². The molecule has 0 aromatic heterocycles. The number of non-ortho nitro benzene ring substituents is 1. The zero-order valence-corrected chi connectivity index (χ0v) is 11.8. The Balaban J connectivity index is 2.11. The van der Waals surface area contributed by atoms with Crippen molar-refractivity contribution in [2.75, 3.05) is 0 Å². The maximum atomic E-state index is 11.8. The predicted octanol–water partition coefficient (Wildman–Crippen LogP) is 2.72. The highest BCUT2D eigenvalue weighted by atomic mass is 35.5. The number of carbonyl (C=O) groups excluding carboxylic acids is 1. The van der Waals surface area contributed by atoms with E-state index in [9.17, 15) is 20.0 Å². The van der Waals surface area contributed by atoms with E-state index in [1.54, 1.807) is 18.2 Å². The van der Waals surface area contributed by atoms with Crippen LogP contribution in [0.3, 0.4) is 0 Å². The number of nitro benzene ring substituents is 1. The van der Waals surface area contributed by atoms with Crippen LogP contribution >= 0.6 is 11.6 Å². The third kappa shape index (κ3) is 3.80. The first-order valence-electron chi connectivity index (χ1n) is 6.04. The van der Waals surface area contributed by atoms with Crippen LogP contribution in [0.2, 0.25) is 5.02 Å². The highest BCUT2D eigenvalue weighted by molar-refractivity contribution is 6.30. The third-order valence-electron chi connectivity index (χ3n) is 2.68. The van der Waals surface area contributed by atoms with Crippen LogP contribution in [0, 0.1) is 10.1 Å². The Morgan fingerprint density at radius 3 is 2.77 bits per heavy atom. The van der Waals surface area contributed by atoms with Crippen molar-refractivity contribution < 1.29 is 14.8 Å². The Kier molecular flexibility index (Phi) is 4.70. The summed E-state index contributed by atoms with van der Waals surface area (Å²) in [6, 6.07) is 9.76. The number of phenolic OH excluding ortho intramolecular Hbond substituents is 1. The molecule has 0 fully saturated rings. The summed E-state index contributed by atoms with van der Waals surface area (Å²) in [7, 11) is 0. The summed E-state index contributed by atoms with van der Waals surface area (Å²) < 4.78 is 0. The summed E-state index contributed by atoms with van der Waals surface area (Å²) >= 11 is 5.77. The largest absolute Gasteiger partial charge is 0.507 e.